The maximum absolute atomic E-state index is 14.4. The third-order valence-corrected chi connectivity index (χ3v) is 5.91. The fourth-order valence-corrected chi connectivity index (χ4v) is 4.52. The van der Waals surface area contributed by atoms with Crippen LogP contribution in [-0.2, 0) is 0 Å². The zero-order valence-corrected chi connectivity index (χ0v) is 17.6. The molecular formula is C21H25ClF2N6. The van der Waals surface area contributed by atoms with E-state index in [0.29, 0.717) is 11.6 Å². The number of halogens is 3. The molecule has 1 N–H and O–H groups in total. The zero-order valence-electron chi connectivity index (χ0n) is 16.8. The Kier molecular flexibility index (Phi) is 5.79. The summed E-state index contributed by atoms with van der Waals surface area (Å²) in [6.07, 6.45) is 5.44. The van der Waals surface area contributed by atoms with Gasteiger partial charge in [0.2, 0.25) is 0 Å². The van der Waals surface area contributed by atoms with Gasteiger partial charge in [0.05, 0.1) is 12.2 Å². The Balaban J connectivity index is 0.00000218. The van der Waals surface area contributed by atoms with Crippen molar-refractivity contribution in [2.24, 2.45) is 0 Å². The van der Waals surface area contributed by atoms with Crippen LogP contribution in [-0.4, -0.2) is 46.8 Å². The van der Waals surface area contributed by atoms with Crippen molar-refractivity contribution < 1.29 is 8.78 Å². The monoisotopic (exact) mass is 434 g/mol. The molecule has 9 heteroatoms. The van der Waals surface area contributed by atoms with Crippen LogP contribution < -0.4 is 15.1 Å². The molecule has 0 unspecified atom stereocenters. The van der Waals surface area contributed by atoms with Gasteiger partial charge < -0.3 is 15.1 Å². The highest BCUT2D eigenvalue weighted by molar-refractivity contribution is 5.85. The lowest BCUT2D eigenvalue weighted by Crippen LogP contribution is -2.49. The summed E-state index contributed by atoms with van der Waals surface area (Å²) in [5.74, 6) is -0.0135. The molecule has 2 aliphatic rings. The van der Waals surface area contributed by atoms with E-state index in [9.17, 15) is 8.78 Å². The van der Waals surface area contributed by atoms with Crippen molar-refractivity contribution in [2.45, 2.75) is 31.8 Å². The third kappa shape index (κ3) is 3.70. The first-order valence-corrected chi connectivity index (χ1v) is 10.1. The van der Waals surface area contributed by atoms with Crippen molar-refractivity contribution in [1.82, 2.24) is 19.9 Å². The minimum Gasteiger partial charge on any atom is -0.364 e. The SMILES string of the molecule is C[C@H]1CN(c2cnn3ccc(N4CCC[C@@H]4c4cc(F)ccc4F)nc23)CCN1.Cl. The van der Waals surface area contributed by atoms with Crippen LogP contribution in [0.2, 0.25) is 0 Å². The summed E-state index contributed by atoms with van der Waals surface area (Å²) in [5.41, 5.74) is 2.20. The third-order valence-electron chi connectivity index (χ3n) is 5.91. The highest BCUT2D eigenvalue weighted by Gasteiger charge is 2.30. The lowest BCUT2D eigenvalue weighted by atomic mass is 10.0. The van der Waals surface area contributed by atoms with Crippen molar-refractivity contribution in [3.63, 3.8) is 0 Å². The summed E-state index contributed by atoms with van der Waals surface area (Å²) in [4.78, 5) is 9.27. The second-order valence-corrected chi connectivity index (χ2v) is 7.90. The first kappa shape index (κ1) is 20.8. The summed E-state index contributed by atoms with van der Waals surface area (Å²) in [6, 6.07) is 5.77. The second-order valence-electron chi connectivity index (χ2n) is 7.90. The number of benzene rings is 1. The van der Waals surface area contributed by atoms with E-state index in [1.807, 2.05) is 18.5 Å². The molecule has 1 aromatic carbocycles. The Morgan fingerprint density at radius 1 is 1.17 bits per heavy atom. The van der Waals surface area contributed by atoms with Gasteiger partial charge in [0.15, 0.2) is 5.65 Å². The molecule has 30 heavy (non-hydrogen) atoms. The van der Waals surface area contributed by atoms with E-state index in [2.05, 4.69) is 27.1 Å². The smallest absolute Gasteiger partial charge is 0.180 e. The molecule has 0 radical (unpaired) electrons. The fourth-order valence-electron chi connectivity index (χ4n) is 4.52. The minimum absolute atomic E-state index is 0. The number of nitrogens with one attached hydrogen (secondary N) is 1. The number of nitrogens with zero attached hydrogens (tertiary/aromatic N) is 5. The van der Waals surface area contributed by atoms with Gasteiger partial charge in [0.1, 0.15) is 23.1 Å². The Bertz CT molecular complexity index is 1040. The number of anilines is 2. The Morgan fingerprint density at radius 3 is 2.87 bits per heavy atom. The zero-order chi connectivity index (χ0) is 20.0. The lowest BCUT2D eigenvalue weighted by Gasteiger charge is -2.32. The van der Waals surface area contributed by atoms with Gasteiger partial charge in [-0.2, -0.15) is 5.10 Å². The molecule has 5 rings (SSSR count). The Labute approximate surface area is 180 Å². The summed E-state index contributed by atoms with van der Waals surface area (Å²) >= 11 is 0. The van der Waals surface area contributed by atoms with E-state index in [1.165, 1.54) is 12.1 Å². The fraction of sp³-hybridized carbons (Fsp3) is 0.429. The van der Waals surface area contributed by atoms with E-state index in [1.54, 1.807) is 4.52 Å². The molecule has 2 aromatic heterocycles. The van der Waals surface area contributed by atoms with E-state index in [0.717, 1.165) is 62.2 Å². The molecular weight excluding hydrogens is 410 g/mol. The van der Waals surface area contributed by atoms with E-state index >= 15 is 0 Å². The number of hydrogen-bond donors (Lipinski definition) is 1. The summed E-state index contributed by atoms with van der Waals surface area (Å²) in [6.45, 7) is 5.65. The van der Waals surface area contributed by atoms with Crippen LogP contribution in [0.4, 0.5) is 20.3 Å². The average molecular weight is 435 g/mol. The van der Waals surface area contributed by atoms with E-state index in [4.69, 9.17) is 4.98 Å². The predicted octanol–water partition coefficient (Wildman–Crippen LogP) is 3.57. The normalized spacial score (nSPS) is 21.8. The van der Waals surface area contributed by atoms with Crippen LogP contribution in [0.3, 0.4) is 0 Å². The number of fused-ring (bicyclic) bond motifs is 1. The molecule has 160 valence electrons. The number of piperazine rings is 1. The number of hydrogen-bond acceptors (Lipinski definition) is 5. The van der Waals surface area contributed by atoms with Crippen molar-refractivity contribution in [1.29, 1.82) is 0 Å². The van der Waals surface area contributed by atoms with Crippen LogP contribution in [0.25, 0.3) is 5.65 Å². The van der Waals surface area contributed by atoms with E-state index in [-0.39, 0.29) is 24.3 Å². The van der Waals surface area contributed by atoms with Crippen LogP contribution in [0, 0.1) is 11.6 Å². The average Bonchev–Trinajstić information content (AvgIpc) is 3.36. The first-order valence-electron chi connectivity index (χ1n) is 10.1. The molecule has 0 saturated carbocycles. The topological polar surface area (TPSA) is 48.7 Å². The summed E-state index contributed by atoms with van der Waals surface area (Å²) in [7, 11) is 0. The van der Waals surface area contributed by atoms with Gasteiger partial charge in [-0.05, 0) is 44.0 Å². The van der Waals surface area contributed by atoms with Crippen molar-refractivity contribution >= 4 is 29.6 Å². The molecule has 2 atom stereocenters. The largest absolute Gasteiger partial charge is 0.364 e. The number of rotatable bonds is 3. The minimum atomic E-state index is -0.414. The van der Waals surface area contributed by atoms with Gasteiger partial charge in [0.25, 0.3) is 0 Å². The molecule has 4 heterocycles. The Hall–Kier alpha value is -2.45. The van der Waals surface area contributed by atoms with Gasteiger partial charge in [-0.3, -0.25) is 0 Å². The molecule has 3 aromatic rings. The van der Waals surface area contributed by atoms with Gasteiger partial charge in [-0.1, -0.05) is 0 Å². The van der Waals surface area contributed by atoms with Crippen LogP contribution in [0.15, 0.2) is 36.7 Å². The molecule has 0 amide bonds. The summed E-state index contributed by atoms with van der Waals surface area (Å²) in [5, 5.41) is 7.90. The van der Waals surface area contributed by atoms with Gasteiger partial charge in [-0.25, -0.2) is 18.3 Å². The highest BCUT2D eigenvalue weighted by atomic mass is 35.5. The quantitative estimate of drug-likeness (QED) is 0.683. The molecule has 2 saturated heterocycles. The lowest BCUT2D eigenvalue weighted by molar-refractivity contribution is 0.485. The number of aromatic nitrogens is 3. The molecule has 6 nitrogen and oxygen atoms in total. The van der Waals surface area contributed by atoms with Crippen LogP contribution >= 0.6 is 12.4 Å². The van der Waals surface area contributed by atoms with Crippen LogP contribution in [0.5, 0.6) is 0 Å². The predicted molar refractivity (Wildman–Crippen MR) is 116 cm³/mol. The maximum atomic E-state index is 14.4. The Morgan fingerprint density at radius 2 is 2.03 bits per heavy atom. The molecule has 2 fully saturated rings. The molecule has 0 aliphatic carbocycles. The van der Waals surface area contributed by atoms with Crippen molar-refractivity contribution in [3.8, 4) is 0 Å². The van der Waals surface area contributed by atoms with E-state index < -0.39 is 5.82 Å². The van der Waals surface area contributed by atoms with Gasteiger partial charge >= 0.3 is 0 Å². The molecule has 0 bridgehead atoms. The van der Waals surface area contributed by atoms with Gasteiger partial charge in [-0.15, -0.1) is 12.4 Å². The van der Waals surface area contributed by atoms with Crippen molar-refractivity contribution in [3.05, 3.63) is 53.9 Å². The molecule has 0 spiro atoms. The van der Waals surface area contributed by atoms with Crippen molar-refractivity contribution in [2.75, 3.05) is 36.0 Å². The standard InChI is InChI=1S/C21H24F2N6.ClH/c1-14-13-27(10-7-24-14)19-12-25-29-9-6-20(26-21(19)29)28-8-2-3-18(28)16-11-15(22)4-5-17(16)23;/h4-6,9,11-12,14,18,24H,2-3,7-8,10,13H2,1H3;1H/t14-,18+;/m0./s1. The molecule has 2 aliphatic heterocycles. The van der Waals surface area contributed by atoms with Crippen LogP contribution in [0.1, 0.15) is 31.4 Å². The maximum Gasteiger partial charge on any atom is 0.180 e. The highest BCUT2D eigenvalue weighted by Crippen LogP contribution is 2.37. The van der Waals surface area contributed by atoms with Gasteiger partial charge in [0, 0.05) is 44.0 Å². The second kappa shape index (κ2) is 8.35. The summed E-state index contributed by atoms with van der Waals surface area (Å²) < 4.78 is 30.0. The first-order chi connectivity index (χ1) is 14.1.